The number of aliphatic hydroxyl groups is 1. The standard InChI is InChI=1S/C10H14O/c11-5-7-4-10-8(7)2-1-6-3-9(6)10/h1-2,6-11H,3-5H2/t6?,7?,8-,9+,10?/m1/s1. The highest BCUT2D eigenvalue weighted by molar-refractivity contribution is 5.18. The van der Waals surface area contributed by atoms with Gasteiger partial charge in [-0.25, -0.2) is 0 Å². The number of hydrogen-bond acceptors (Lipinski definition) is 1. The summed E-state index contributed by atoms with van der Waals surface area (Å²) in [7, 11) is 0. The third kappa shape index (κ3) is 0.698. The first kappa shape index (κ1) is 6.24. The number of aliphatic hydroxyl groups excluding tert-OH is 1. The molecular formula is C10H14O. The predicted molar refractivity (Wildman–Crippen MR) is 42.9 cm³/mol. The molecule has 3 aliphatic carbocycles. The van der Waals surface area contributed by atoms with Gasteiger partial charge in [0.15, 0.2) is 0 Å². The molecule has 0 saturated heterocycles. The zero-order valence-corrected chi connectivity index (χ0v) is 6.61. The molecule has 0 amide bonds. The van der Waals surface area contributed by atoms with Crippen molar-refractivity contribution in [2.45, 2.75) is 12.8 Å². The average Bonchev–Trinajstić information content (AvgIpc) is 2.67. The largest absolute Gasteiger partial charge is 0.396 e. The molecule has 60 valence electrons. The van der Waals surface area contributed by atoms with Crippen molar-refractivity contribution in [3.05, 3.63) is 12.2 Å². The Kier molecular flexibility index (Phi) is 1.07. The van der Waals surface area contributed by atoms with E-state index < -0.39 is 0 Å². The molecule has 1 nitrogen and oxygen atoms in total. The lowest BCUT2D eigenvalue weighted by Gasteiger charge is -2.44. The molecule has 1 heteroatoms. The van der Waals surface area contributed by atoms with Gasteiger partial charge in [0, 0.05) is 6.61 Å². The summed E-state index contributed by atoms with van der Waals surface area (Å²) in [4.78, 5) is 0. The van der Waals surface area contributed by atoms with Crippen molar-refractivity contribution in [1.29, 1.82) is 0 Å². The van der Waals surface area contributed by atoms with Gasteiger partial charge in [0.05, 0.1) is 0 Å². The van der Waals surface area contributed by atoms with Gasteiger partial charge in [0.2, 0.25) is 0 Å². The zero-order valence-electron chi connectivity index (χ0n) is 6.61. The molecule has 0 aromatic carbocycles. The fraction of sp³-hybridized carbons (Fsp3) is 0.800. The molecule has 11 heavy (non-hydrogen) atoms. The Bertz CT molecular complexity index is 209. The molecule has 0 radical (unpaired) electrons. The van der Waals surface area contributed by atoms with E-state index in [-0.39, 0.29) is 0 Å². The Hall–Kier alpha value is -0.300. The third-order valence-electron chi connectivity index (χ3n) is 3.87. The van der Waals surface area contributed by atoms with Crippen molar-refractivity contribution >= 4 is 0 Å². The van der Waals surface area contributed by atoms with Crippen molar-refractivity contribution in [3.8, 4) is 0 Å². The van der Waals surface area contributed by atoms with Gasteiger partial charge in [-0.05, 0) is 42.4 Å². The van der Waals surface area contributed by atoms with Gasteiger partial charge in [0.1, 0.15) is 0 Å². The smallest absolute Gasteiger partial charge is 0.0465 e. The topological polar surface area (TPSA) is 20.2 Å². The first-order chi connectivity index (χ1) is 5.40. The number of allylic oxidation sites excluding steroid dienone is 2. The van der Waals surface area contributed by atoms with Crippen LogP contribution in [0.4, 0.5) is 0 Å². The second-order valence-electron chi connectivity index (χ2n) is 4.37. The van der Waals surface area contributed by atoms with E-state index in [9.17, 15) is 0 Å². The van der Waals surface area contributed by atoms with Gasteiger partial charge in [-0.15, -0.1) is 0 Å². The summed E-state index contributed by atoms with van der Waals surface area (Å²) in [6.45, 7) is 0.406. The van der Waals surface area contributed by atoms with E-state index in [2.05, 4.69) is 12.2 Å². The Labute approximate surface area is 67.1 Å². The molecule has 0 heterocycles. The van der Waals surface area contributed by atoms with Crippen LogP contribution in [0.3, 0.4) is 0 Å². The van der Waals surface area contributed by atoms with Crippen LogP contribution in [-0.4, -0.2) is 11.7 Å². The number of fused-ring (bicyclic) bond motifs is 3. The van der Waals surface area contributed by atoms with Crippen LogP contribution in [0.2, 0.25) is 0 Å². The Morgan fingerprint density at radius 2 is 2.09 bits per heavy atom. The molecule has 0 aromatic heterocycles. The summed E-state index contributed by atoms with van der Waals surface area (Å²) in [5.74, 6) is 4.28. The van der Waals surface area contributed by atoms with Gasteiger partial charge in [-0.2, -0.15) is 0 Å². The van der Waals surface area contributed by atoms with Gasteiger partial charge in [-0.1, -0.05) is 12.2 Å². The average molecular weight is 150 g/mol. The van der Waals surface area contributed by atoms with Crippen LogP contribution in [0.5, 0.6) is 0 Å². The first-order valence-electron chi connectivity index (χ1n) is 4.69. The van der Waals surface area contributed by atoms with E-state index >= 15 is 0 Å². The third-order valence-corrected chi connectivity index (χ3v) is 3.87. The molecule has 3 aliphatic rings. The molecule has 3 unspecified atom stereocenters. The van der Waals surface area contributed by atoms with E-state index in [0.29, 0.717) is 12.5 Å². The van der Waals surface area contributed by atoms with E-state index in [4.69, 9.17) is 5.11 Å². The van der Waals surface area contributed by atoms with E-state index in [1.54, 1.807) is 0 Å². The fourth-order valence-corrected chi connectivity index (χ4v) is 2.99. The minimum absolute atomic E-state index is 0.406. The number of rotatable bonds is 1. The molecule has 2 saturated carbocycles. The normalized spacial score (nSPS) is 57.7. The van der Waals surface area contributed by atoms with E-state index in [1.807, 2.05) is 0 Å². The Balaban J connectivity index is 1.80. The lowest BCUT2D eigenvalue weighted by atomic mass is 9.61. The van der Waals surface area contributed by atoms with Crippen LogP contribution < -0.4 is 0 Å². The second kappa shape index (κ2) is 1.89. The van der Waals surface area contributed by atoms with Crippen molar-refractivity contribution in [1.82, 2.24) is 0 Å². The Morgan fingerprint density at radius 1 is 1.18 bits per heavy atom. The highest BCUT2D eigenvalue weighted by Gasteiger charge is 2.53. The summed E-state index contributed by atoms with van der Waals surface area (Å²) in [5.41, 5.74) is 0. The summed E-state index contributed by atoms with van der Waals surface area (Å²) in [6.07, 6.45) is 7.49. The maximum absolute atomic E-state index is 8.99. The second-order valence-corrected chi connectivity index (χ2v) is 4.37. The number of hydrogen-bond donors (Lipinski definition) is 1. The van der Waals surface area contributed by atoms with Crippen LogP contribution >= 0.6 is 0 Å². The molecular weight excluding hydrogens is 136 g/mol. The maximum atomic E-state index is 8.99. The SMILES string of the molecule is OCC1CC2[C@@H]1C=CC1C[C@@H]12. The summed E-state index contributed by atoms with van der Waals surface area (Å²) < 4.78 is 0. The highest BCUT2D eigenvalue weighted by Crippen LogP contribution is 2.60. The van der Waals surface area contributed by atoms with Crippen molar-refractivity contribution < 1.29 is 5.11 Å². The zero-order chi connectivity index (χ0) is 7.42. The van der Waals surface area contributed by atoms with Crippen LogP contribution in [0.15, 0.2) is 12.2 Å². The van der Waals surface area contributed by atoms with Crippen LogP contribution in [0, 0.1) is 29.6 Å². The lowest BCUT2D eigenvalue weighted by Crippen LogP contribution is -2.40. The summed E-state index contributed by atoms with van der Waals surface area (Å²) >= 11 is 0. The molecule has 1 N–H and O–H groups in total. The monoisotopic (exact) mass is 150 g/mol. The first-order valence-corrected chi connectivity index (χ1v) is 4.69. The lowest BCUT2D eigenvalue weighted by molar-refractivity contribution is 0.0343. The highest BCUT2D eigenvalue weighted by atomic mass is 16.3. The van der Waals surface area contributed by atoms with E-state index in [1.165, 1.54) is 12.8 Å². The van der Waals surface area contributed by atoms with Gasteiger partial charge < -0.3 is 5.11 Å². The van der Waals surface area contributed by atoms with Crippen molar-refractivity contribution in [3.63, 3.8) is 0 Å². The van der Waals surface area contributed by atoms with Crippen molar-refractivity contribution in [2.75, 3.05) is 6.61 Å². The Morgan fingerprint density at radius 3 is 2.91 bits per heavy atom. The molecule has 3 rings (SSSR count). The van der Waals surface area contributed by atoms with E-state index in [0.717, 1.165) is 23.7 Å². The van der Waals surface area contributed by atoms with Crippen LogP contribution in [0.1, 0.15) is 12.8 Å². The van der Waals surface area contributed by atoms with Gasteiger partial charge in [0.25, 0.3) is 0 Å². The quantitative estimate of drug-likeness (QED) is 0.561. The summed E-state index contributed by atoms with van der Waals surface area (Å²) in [6, 6.07) is 0. The van der Waals surface area contributed by atoms with Gasteiger partial charge >= 0.3 is 0 Å². The molecule has 0 aliphatic heterocycles. The molecule has 0 aromatic rings. The van der Waals surface area contributed by atoms with Crippen LogP contribution in [-0.2, 0) is 0 Å². The van der Waals surface area contributed by atoms with Crippen molar-refractivity contribution in [2.24, 2.45) is 29.6 Å². The molecule has 5 atom stereocenters. The molecule has 0 spiro atoms. The molecule has 0 bridgehead atoms. The predicted octanol–water partition coefficient (Wildman–Crippen LogP) is 1.44. The maximum Gasteiger partial charge on any atom is 0.0465 e. The summed E-state index contributed by atoms with van der Waals surface area (Å²) in [5, 5.41) is 8.99. The fourth-order valence-electron chi connectivity index (χ4n) is 2.99. The molecule has 2 fully saturated rings. The minimum atomic E-state index is 0.406. The van der Waals surface area contributed by atoms with Gasteiger partial charge in [-0.3, -0.25) is 0 Å². The van der Waals surface area contributed by atoms with Crippen LogP contribution in [0.25, 0.3) is 0 Å². The minimum Gasteiger partial charge on any atom is -0.396 e.